The fourth-order valence-corrected chi connectivity index (χ4v) is 2.94. The van der Waals surface area contributed by atoms with Crippen LogP contribution in [0.1, 0.15) is 64.2 Å². The fourth-order valence-electron chi connectivity index (χ4n) is 2.94. The number of nitrogens with one attached hydrogen (secondary N) is 1. The van der Waals surface area contributed by atoms with Crippen LogP contribution >= 0.6 is 0 Å². The van der Waals surface area contributed by atoms with Crippen LogP contribution < -0.4 is 10.1 Å². The molecule has 1 amide bonds. The van der Waals surface area contributed by atoms with Gasteiger partial charge in [-0.15, -0.1) is 0 Å². The van der Waals surface area contributed by atoms with Gasteiger partial charge >= 0.3 is 5.97 Å². The number of esters is 1. The summed E-state index contributed by atoms with van der Waals surface area (Å²) in [7, 11) is 0. The van der Waals surface area contributed by atoms with Crippen molar-refractivity contribution in [3.63, 3.8) is 0 Å². The van der Waals surface area contributed by atoms with Gasteiger partial charge in [-0.1, -0.05) is 6.92 Å². The van der Waals surface area contributed by atoms with Gasteiger partial charge in [-0.3, -0.25) is 4.79 Å². The van der Waals surface area contributed by atoms with Gasteiger partial charge in [0.1, 0.15) is 16.9 Å². The molecule has 1 aliphatic rings. The summed E-state index contributed by atoms with van der Waals surface area (Å²) < 4.78 is 16.7. The number of rotatable bonds is 10. The van der Waals surface area contributed by atoms with Crippen molar-refractivity contribution in [2.45, 2.75) is 65.6 Å². The molecular weight excluding hydrogens is 346 g/mol. The third kappa shape index (κ3) is 5.22. The van der Waals surface area contributed by atoms with E-state index in [2.05, 4.69) is 5.32 Å². The zero-order valence-electron chi connectivity index (χ0n) is 17.0. The second-order valence-corrected chi connectivity index (χ2v) is 7.04. The normalized spacial score (nSPS) is 16.9. The number of hydrogen-bond donors (Lipinski definition) is 1. The Morgan fingerprint density at radius 3 is 2.48 bits per heavy atom. The SMILES string of the molecule is CCOC(=O)c1cc(NC(=O)[C@@](C)(OCC)C2CC2)ccc1O[C@@H](C)CC. The molecule has 0 saturated heterocycles. The smallest absolute Gasteiger partial charge is 0.341 e. The van der Waals surface area contributed by atoms with E-state index in [1.54, 1.807) is 25.1 Å². The summed E-state index contributed by atoms with van der Waals surface area (Å²) in [5, 5.41) is 2.89. The zero-order valence-corrected chi connectivity index (χ0v) is 17.0. The molecular formula is C21H31NO5. The van der Waals surface area contributed by atoms with Crippen molar-refractivity contribution in [1.82, 2.24) is 0 Å². The molecule has 1 aliphatic carbocycles. The lowest BCUT2D eigenvalue weighted by atomic mass is 9.98. The average Bonchev–Trinajstić information content (AvgIpc) is 3.48. The maximum atomic E-state index is 12.8. The van der Waals surface area contributed by atoms with E-state index < -0.39 is 11.6 Å². The van der Waals surface area contributed by atoms with E-state index >= 15 is 0 Å². The topological polar surface area (TPSA) is 73.9 Å². The molecule has 0 aromatic heterocycles. The van der Waals surface area contributed by atoms with Crippen LogP contribution in [0.2, 0.25) is 0 Å². The molecule has 0 radical (unpaired) electrons. The lowest BCUT2D eigenvalue weighted by molar-refractivity contribution is -0.141. The Labute approximate surface area is 161 Å². The van der Waals surface area contributed by atoms with Crippen LogP contribution in [0.15, 0.2) is 18.2 Å². The molecule has 0 aliphatic heterocycles. The molecule has 1 saturated carbocycles. The van der Waals surface area contributed by atoms with Crippen LogP contribution in [0.3, 0.4) is 0 Å². The molecule has 2 rings (SSSR count). The van der Waals surface area contributed by atoms with E-state index in [1.807, 2.05) is 27.7 Å². The van der Waals surface area contributed by atoms with Gasteiger partial charge < -0.3 is 19.5 Å². The maximum Gasteiger partial charge on any atom is 0.341 e. The zero-order chi connectivity index (χ0) is 20.0. The predicted octanol–water partition coefficient (Wildman–Crippen LogP) is 4.18. The maximum absolute atomic E-state index is 12.8. The number of amides is 1. The van der Waals surface area contributed by atoms with E-state index in [-0.39, 0.29) is 24.5 Å². The Bertz CT molecular complexity index is 671. The van der Waals surface area contributed by atoms with E-state index in [4.69, 9.17) is 14.2 Å². The van der Waals surface area contributed by atoms with Gasteiger partial charge in [0.05, 0.1) is 12.7 Å². The van der Waals surface area contributed by atoms with Crippen LogP contribution in [-0.2, 0) is 14.3 Å². The summed E-state index contributed by atoms with van der Waals surface area (Å²) >= 11 is 0. The van der Waals surface area contributed by atoms with Crippen molar-refractivity contribution in [3.05, 3.63) is 23.8 Å². The van der Waals surface area contributed by atoms with Gasteiger partial charge in [0.15, 0.2) is 0 Å². The minimum atomic E-state index is -0.856. The highest BCUT2D eigenvalue weighted by Crippen LogP contribution is 2.42. The molecule has 0 heterocycles. The summed E-state index contributed by atoms with van der Waals surface area (Å²) in [4.78, 5) is 25.2. The summed E-state index contributed by atoms with van der Waals surface area (Å²) in [5.41, 5.74) is -0.0318. The molecule has 0 bridgehead atoms. The van der Waals surface area contributed by atoms with Crippen molar-refractivity contribution in [1.29, 1.82) is 0 Å². The first-order valence-electron chi connectivity index (χ1n) is 9.78. The van der Waals surface area contributed by atoms with Crippen molar-refractivity contribution in [2.75, 3.05) is 18.5 Å². The summed E-state index contributed by atoms with van der Waals surface area (Å²) in [6.45, 7) is 10.1. The van der Waals surface area contributed by atoms with Crippen LogP contribution in [0.25, 0.3) is 0 Å². The number of benzene rings is 1. The number of hydrogen-bond acceptors (Lipinski definition) is 5. The minimum Gasteiger partial charge on any atom is -0.490 e. The summed E-state index contributed by atoms with van der Waals surface area (Å²) in [6.07, 6.45) is 2.75. The van der Waals surface area contributed by atoms with E-state index in [1.165, 1.54) is 0 Å². The van der Waals surface area contributed by atoms with Crippen LogP contribution in [0.5, 0.6) is 5.75 Å². The number of ether oxygens (including phenoxy) is 3. The van der Waals surface area contributed by atoms with E-state index in [0.717, 1.165) is 19.3 Å². The van der Waals surface area contributed by atoms with Crippen molar-refractivity contribution < 1.29 is 23.8 Å². The molecule has 1 aromatic carbocycles. The monoisotopic (exact) mass is 377 g/mol. The van der Waals surface area contributed by atoms with Gasteiger partial charge in [0, 0.05) is 12.3 Å². The van der Waals surface area contributed by atoms with Gasteiger partial charge in [-0.05, 0) is 71.1 Å². The van der Waals surface area contributed by atoms with Gasteiger partial charge in [-0.25, -0.2) is 4.79 Å². The highest BCUT2D eigenvalue weighted by Gasteiger charge is 2.48. The number of anilines is 1. The number of carbonyl (C=O) groups is 2. The molecule has 0 spiro atoms. The van der Waals surface area contributed by atoms with Crippen molar-refractivity contribution >= 4 is 17.6 Å². The Morgan fingerprint density at radius 1 is 1.22 bits per heavy atom. The van der Waals surface area contributed by atoms with E-state index in [0.29, 0.717) is 23.6 Å². The first kappa shape index (κ1) is 21.2. The largest absolute Gasteiger partial charge is 0.490 e. The van der Waals surface area contributed by atoms with Gasteiger partial charge in [0.2, 0.25) is 0 Å². The Morgan fingerprint density at radius 2 is 1.93 bits per heavy atom. The summed E-state index contributed by atoms with van der Waals surface area (Å²) in [6, 6.07) is 5.04. The Hall–Kier alpha value is -2.08. The predicted molar refractivity (Wildman–Crippen MR) is 104 cm³/mol. The third-order valence-electron chi connectivity index (χ3n) is 4.89. The molecule has 0 unspecified atom stereocenters. The van der Waals surface area contributed by atoms with Crippen LogP contribution in [-0.4, -0.2) is 36.8 Å². The molecule has 27 heavy (non-hydrogen) atoms. The van der Waals surface area contributed by atoms with Gasteiger partial charge in [0.25, 0.3) is 5.91 Å². The second kappa shape index (κ2) is 9.22. The van der Waals surface area contributed by atoms with Crippen LogP contribution in [0.4, 0.5) is 5.69 Å². The van der Waals surface area contributed by atoms with Crippen molar-refractivity contribution in [2.24, 2.45) is 5.92 Å². The lowest BCUT2D eigenvalue weighted by Crippen LogP contribution is -2.44. The standard InChI is InChI=1S/C21H31NO5/c1-6-14(4)27-18-12-11-16(13-17(18)19(23)25-7-2)22-20(24)21(5,26-8-3)15-9-10-15/h11-15H,6-10H2,1-5H3,(H,22,24)/t14-,21-/m0/s1. The lowest BCUT2D eigenvalue weighted by Gasteiger charge is -2.28. The molecule has 2 atom stereocenters. The molecule has 1 aromatic rings. The van der Waals surface area contributed by atoms with Gasteiger partial charge in [-0.2, -0.15) is 0 Å². The summed E-state index contributed by atoms with van der Waals surface area (Å²) in [5.74, 6) is 0.0180. The quantitative estimate of drug-likeness (QED) is 0.619. The van der Waals surface area contributed by atoms with Crippen molar-refractivity contribution in [3.8, 4) is 5.75 Å². The van der Waals surface area contributed by atoms with Crippen LogP contribution in [0, 0.1) is 5.92 Å². The second-order valence-electron chi connectivity index (χ2n) is 7.04. The number of carbonyl (C=O) groups excluding carboxylic acids is 2. The Balaban J connectivity index is 2.25. The molecule has 150 valence electrons. The first-order valence-corrected chi connectivity index (χ1v) is 9.78. The highest BCUT2D eigenvalue weighted by molar-refractivity contribution is 6.00. The first-order chi connectivity index (χ1) is 12.8. The molecule has 1 N–H and O–H groups in total. The minimum absolute atomic E-state index is 0.0327. The molecule has 1 fully saturated rings. The molecule has 6 heteroatoms. The highest BCUT2D eigenvalue weighted by atomic mass is 16.5. The molecule has 6 nitrogen and oxygen atoms in total. The Kier molecular flexibility index (Phi) is 7.25. The van der Waals surface area contributed by atoms with E-state index in [9.17, 15) is 9.59 Å². The average molecular weight is 377 g/mol. The fraction of sp³-hybridized carbons (Fsp3) is 0.619. The third-order valence-corrected chi connectivity index (χ3v) is 4.89.